The minimum Gasteiger partial charge on any atom is -0.382 e. The molecular formula is C11H14O3. The summed E-state index contributed by atoms with van der Waals surface area (Å²) in [5.74, 6) is 0.155. The van der Waals surface area contributed by atoms with Gasteiger partial charge in [-0.3, -0.25) is 4.79 Å². The minimum atomic E-state index is -1.19. The summed E-state index contributed by atoms with van der Waals surface area (Å²) < 4.78 is 5.69. The molecule has 2 bridgehead atoms. The van der Waals surface area contributed by atoms with Gasteiger partial charge in [-0.25, -0.2) is 0 Å². The molecule has 1 N–H and O–H groups in total. The highest BCUT2D eigenvalue weighted by atomic mass is 16.5. The monoisotopic (exact) mass is 194 g/mol. The van der Waals surface area contributed by atoms with Crippen LogP contribution in [0.3, 0.4) is 0 Å². The summed E-state index contributed by atoms with van der Waals surface area (Å²) in [6, 6.07) is 0. The van der Waals surface area contributed by atoms with Crippen molar-refractivity contribution in [2.75, 3.05) is 0 Å². The number of rotatable bonds is 0. The van der Waals surface area contributed by atoms with Crippen molar-refractivity contribution in [3.05, 3.63) is 12.2 Å². The highest BCUT2D eigenvalue weighted by Crippen LogP contribution is 2.51. The van der Waals surface area contributed by atoms with Gasteiger partial charge in [0.15, 0.2) is 11.4 Å². The van der Waals surface area contributed by atoms with E-state index in [9.17, 15) is 9.90 Å². The molecule has 0 aromatic rings. The van der Waals surface area contributed by atoms with Crippen LogP contribution in [0.1, 0.15) is 26.2 Å². The van der Waals surface area contributed by atoms with Gasteiger partial charge in [-0.2, -0.15) is 0 Å². The van der Waals surface area contributed by atoms with Crippen LogP contribution in [0.15, 0.2) is 12.2 Å². The lowest BCUT2D eigenvalue weighted by Crippen LogP contribution is -2.56. The number of fused-ring (bicyclic) bond motifs is 1. The fourth-order valence-electron chi connectivity index (χ4n) is 3.03. The van der Waals surface area contributed by atoms with Gasteiger partial charge in [-0.15, -0.1) is 0 Å². The van der Waals surface area contributed by atoms with Gasteiger partial charge in [0.25, 0.3) is 0 Å². The second-order valence-electron chi connectivity index (χ2n) is 4.88. The quantitative estimate of drug-likeness (QED) is 0.580. The number of hydrogen-bond donors (Lipinski definition) is 1. The van der Waals surface area contributed by atoms with Crippen LogP contribution in [0, 0.1) is 5.92 Å². The standard InChI is InChI=1S/C11H14O3/c1-10(13)4-2-7-6-8-3-5-11(7,14-8)9(10)12/h3,5,7-8,13H,2,4,6H2,1H3/t7-,8-,10?,11+/m0/s1. The first kappa shape index (κ1) is 8.62. The average Bonchev–Trinajstić information content (AvgIpc) is 2.69. The molecule has 0 aromatic heterocycles. The Morgan fingerprint density at radius 2 is 2.43 bits per heavy atom. The SMILES string of the molecule is CC1(O)CC[C@H]2C[C@@H]3C=C[C@]2(O3)C1=O. The summed E-state index contributed by atoms with van der Waals surface area (Å²) in [6.07, 6.45) is 6.33. The molecule has 0 radical (unpaired) electrons. The van der Waals surface area contributed by atoms with E-state index in [1.165, 1.54) is 0 Å². The van der Waals surface area contributed by atoms with E-state index in [0.29, 0.717) is 12.3 Å². The first-order valence-corrected chi connectivity index (χ1v) is 5.19. The van der Waals surface area contributed by atoms with Crippen LogP contribution >= 0.6 is 0 Å². The molecule has 76 valence electrons. The molecule has 3 heteroatoms. The van der Waals surface area contributed by atoms with Crippen molar-refractivity contribution in [1.29, 1.82) is 0 Å². The van der Waals surface area contributed by atoms with Crippen molar-refractivity contribution >= 4 is 5.78 Å². The van der Waals surface area contributed by atoms with Crippen LogP contribution < -0.4 is 0 Å². The Bertz CT molecular complexity index is 331. The fourth-order valence-corrected chi connectivity index (χ4v) is 3.03. The molecule has 3 nitrogen and oxygen atoms in total. The third kappa shape index (κ3) is 0.823. The maximum atomic E-state index is 12.1. The third-order valence-electron chi connectivity index (χ3n) is 3.85. The van der Waals surface area contributed by atoms with Gasteiger partial charge in [0.2, 0.25) is 0 Å². The fraction of sp³-hybridized carbons (Fsp3) is 0.727. The van der Waals surface area contributed by atoms with E-state index >= 15 is 0 Å². The van der Waals surface area contributed by atoms with Crippen molar-refractivity contribution in [1.82, 2.24) is 0 Å². The Kier molecular flexibility index (Phi) is 1.41. The first-order chi connectivity index (χ1) is 6.55. The molecule has 1 spiro atoms. The van der Waals surface area contributed by atoms with Crippen LogP contribution in [0.5, 0.6) is 0 Å². The lowest BCUT2D eigenvalue weighted by Gasteiger charge is -2.40. The molecule has 2 fully saturated rings. The summed E-state index contributed by atoms with van der Waals surface area (Å²) in [4.78, 5) is 12.1. The van der Waals surface area contributed by atoms with E-state index in [2.05, 4.69) is 0 Å². The smallest absolute Gasteiger partial charge is 0.199 e. The highest BCUT2D eigenvalue weighted by molar-refractivity contribution is 5.98. The van der Waals surface area contributed by atoms with E-state index in [-0.39, 0.29) is 11.9 Å². The zero-order valence-electron chi connectivity index (χ0n) is 8.19. The number of carbonyl (C=O) groups is 1. The summed E-state index contributed by atoms with van der Waals surface area (Å²) >= 11 is 0. The molecule has 3 rings (SSSR count). The summed E-state index contributed by atoms with van der Waals surface area (Å²) in [6.45, 7) is 1.60. The molecular weight excluding hydrogens is 180 g/mol. The zero-order valence-corrected chi connectivity index (χ0v) is 8.19. The van der Waals surface area contributed by atoms with Crippen molar-refractivity contribution in [2.45, 2.75) is 43.5 Å². The summed E-state index contributed by atoms with van der Waals surface area (Å²) in [7, 11) is 0. The van der Waals surface area contributed by atoms with Crippen molar-refractivity contribution in [3.8, 4) is 0 Å². The van der Waals surface area contributed by atoms with Gasteiger partial charge < -0.3 is 9.84 Å². The van der Waals surface area contributed by atoms with E-state index in [4.69, 9.17) is 4.74 Å². The molecule has 1 aliphatic carbocycles. The van der Waals surface area contributed by atoms with E-state index in [1.54, 1.807) is 6.92 Å². The number of ketones is 1. The van der Waals surface area contributed by atoms with Gasteiger partial charge in [0, 0.05) is 5.92 Å². The molecule has 3 aliphatic rings. The third-order valence-corrected chi connectivity index (χ3v) is 3.85. The average molecular weight is 194 g/mol. The molecule has 1 saturated heterocycles. The summed E-state index contributed by atoms with van der Waals surface area (Å²) in [5.41, 5.74) is -1.97. The van der Waals surface area contributed by atoms with Gasteiger partial charge in [0.1, 0.15) is 5.60 Å². The normalized spacial score (nSPS) is 55.1. The molecule has 2 heterocycles. The second kappa shape index (κ2) is 2.28. The Balaban J connectivity index is 2.06. The summed E-state index contributed by atoms with van der Waals surface area (Å²) in [5, 5.41) is 9.94. The number of Topliss-reactive ketones (excluding diaryl/α,β-unsaturated/α-hetero) is 1. The number of ether oxygens (including phenoxy) is 1. The van der Waals surface area contributed by atoms with Crippen molar-refractivity contribution in [2.24, 2.45) is 5.92 Å². The maximum Gasteiger partial charge on any atom is 0.199 e. The predicted molar refractivity (Wildman–Crippen MR) is 49.7 cm³/mol. The zero-order chi connectivity index (χ0) is 9.97. The van der Waals surface area contributed by atoms with Crippen molar-refractivity contribution in [3.63, 3.8) is 0 Å². The van der Waals surface area contributed by atoms with Gasteiger partial charge in [0.05, 0.1) is 6.10 Å². The van der Waals surface area contributed by atoms with Crippen LogP contribution in [-0.4, -0.2) is 28.2 Å². The highest BCUT2D eigenvalue weighted by Gasteiger charge is 2.61. The van der Waals surface area contributed by atoms with E-state index < -0.39 is 11.2 Å². The number of carbonyl (C=O) groups excluding carboxylic acids is 1. The van der Waals surface area contributed by atoms with E-state index in [0.717, 1.165) is 12.8 Å². The molecule has 1 unspecified atom stereocenters. The topological polar surface area (TPSA) is 46.5 Å². The van der Waals surface area contributed by atoms with Crippen LogP contribution in [0.25, 0.3) is 0 Å². The van der Waals surface area contributed by atoms with E-state index in [1.807, 2.05) is 12.2 Å². The van der Waals surface area contributed by atoms with Crippen LogP contribution in [0.2, 0.25) is 0 Å². The first-order valence-electron chi connectivity index (χ1n) is 5.19. The Labute approximate surface area is 82.8 Å². The molecule has 0 amide bonds. The van der Waals surface area contributed by atoms with Gasteiger partial charge >= 0.3 is 0 Å². The lowest BCUT2D eigenvalue weighted by molar-refractivity contribution is -0.162. The molecule has 1 saturated carbocycles. The minimum absolute atomic E-state index is 0.109. The van der Waals surface area contributed by atoms with Crippen molar-refractivity contribution < 1.29 is 14.6 Å². The molecule has 4 atom stereocenters. The van der Waals surface area contributed by atoms with Gasteiger partial charge in [-0.1, -0.05) is 6.08 Å². The molecule has 2 aliphatic heterocycles. The second-order valence-corrected chi connectivity index (χ2v) is 4.88. The van der Waals surface area contributed by atoms with Crippen LogP contribution in [0.4, 0.5) is 0 Å². The molecule has 0 aromatic carbocycles. The van der Waals surface area contributed by atoms with Crippen LogP contribution in [-0.2, 0) is 9.53 Å². The Morgan fingerprint density at radius 3 is 3.14 bits per heavy atom. The van der Waals surface area contributed by atoms with Gasteiger partial charge in [-0.05, 0) is 32.3 Å². The maximum absolute atomic E-state index is 12.1. The lowest BCUT2D eigenvalue weighted by atomic mass is 9.66. The molecule has 14 heavy (non-hydrogen) atoms. The largest absolute Gasteiger partial charge is 0.382 e. The number of hydrogen-bond acceptors (Lipinski definition) is 3. The number of aliphatic hydroxyl groups is 1. The Hall–Kier alpha value is -0.670. The Morgan fingerprint density at radius 1 is 1.64 bits per heavy atom. The predicted octanol–water partition coefficient (Wildman–Crippen LogP) is 0.814.